The van der Waals surface area contributed by atoms with Gasteiger partial charge in [-0.15, -0.1) is 0 Å². The van der Waals surface area contributed by atoms with Crippen LogP contribution in [0.25, 0.3) is 0 Å². The van der Waals surface area contributed by atoms with E-state index >= 15 is 0 Å². The van der Waals surface area contributed by atoms with Crippen LogP contribution in [-0.2, 0) is 19.4 Å². The van der Waals surface area contributed by atoms with Gasteiger partial charge in [0.1, 0.15) is 0 Å². The van der Waals surface area contributed by atoms with Crippen LogP contribution in [0.15, 0.2) is 6.07 Å². The van der Waals surface area contributed by atoms with E-state index in [1.165, 1.54) is 5.69 Å². The summed E-state index contributed by atoms with van der Waals surface area (Å²) in [5, 5.41) is 15.4. The highest BCUT2D eigenvalue weighted by Crippen LogP contribution is 2.50. The van der Waals surface area contributed by atoms with E-state index in [0.29, 0.717) is 6.54 Å². The van der Waals surface area contributed by atoms with E-state index in [1.807, 2.05) is 0 Å². The molecule has 0 aliphatic heterocycles. The standard InChI is InChI=1S/C16H29N3O/c1-5-12-9-13(19(6-2)18-12)10-16(11-17)8-7-15(3,4)14(16)20/h9,14,20H,5-8,10-11,17H2,1-4H3. The second kappa shape index (κ2) is 5.49. The molecule has 2 rings (SSSR count). The monoisotopic (exact) mass is 279 g/mol. The van der Waals surface area contributed by atoms with Crippen LogP contribution in [0, 0.1) is 10.8 Å². The number of aliphatic hydroxyl groups is 1. The van der Waals surface area contributed by atoms with Gasteiger partial charge in [0.25, 0.3) is 0 Å². The maximum absolute atomic E-state index is 10.7. The fraction of sp³-hybridized carbons (Fsp3) is 0.812. The maximum atomic E-state index is 10.7. The number of aliphatic hydroxyl groups excluding tert-OH is 1. The van der Waals surface area contributed by atoms with Crippen molar-refractivity contribution in [2.75, 3.05) is 6.54 Å². The molecular formula is C16H29N3O. The SMILES string of the molecule is CCc1cc(CC2(CN)CCC(C)(C)C2O)n(CC)n1. The zero-order valence-electron chi connectivity index (χ0n) is 13.3. The van der Waals surface area contributed by atoms with Crippen molar-refractivity contribution < 1.29 is 5.11 Å². The van der Waals surface area contributed by atoms with Crippen molar-refractivity contribution in [3.63, 3.8) is 0 Å². The first kappa shape index (κ1) is 15.5. The van der Waals surface area contributed by atoms with Crippen molar-refractivity contribution in [1.29, 1.82) is 0 Å². The van der Waals surface area contributed by atoms with Crippen molar-refractivity contribution in [2.24, 2.45) is 16.6 Å². The van der Waals surface area contributed by atoms with E-state index in [-0.39, 0.29) is 16.9 Å². The van der Waals surface area contributed by atoms with Gasteiger partial charge < -0.3 is 10.8 Å². The molecule has 1 aliphatic carbocycles. The fourth-order valence-corrected chi connectivity index (χ4v) is 3.61. The number of nitrogens with two attached hydrogens (primary N) is 1. The molecule has 4 nitrogen and oxygen atoms in total. The molecule has 0 saturated heterocycles. The molecular weight excluding hydrogens is 250 g/mol. The molecule has 0 aromatic carbocycles. The van der Waals surface area contributed by atoms with Gasteiger partial charge in [0, 0.05) is 24.2 Å². The number of nitrogens with zero attached hydrogens (tertiary/aromatic N) is 2. The Morgan fingerprint density at radius 2 is 2.10 bits per heavy atom. The van der Waals surface area contributed by atoms with E-state index in [9.17, 15) is 5.11 Å². The van der Waals surface area contributed by atoms with E-state index in [4.69, 9.17) is 5.73 Å². The first-order valence-electron chi connectivity index (χ1n) is 7.82. The van der Waals surface area contributed by atoms with Crippen LogP contribution in [0.5, 0.6) is 0 Å². The summed E-state index contributed by atoms with van der Waals surface area (Å²) in [6.45, 7) is 9.93. The molecule has 114 valence electrons. The molecule has 3 N–H and O–H groups in total. The zero-order chi connectivity index (χ0) is 15.0. The average Bonchev–Trinajstić information content (AvgIpc) is 2.93. The van der Waals surface area contributed by atoms with Crippen LogP contribution in [0.4, 0.5) is 0 Å². The van der Waals surface area contributed by atoms with Gasteiger partial charge in [-0.3, -0.25) is 4.68 Å². The summed E-state index contributed by atoms with van der Waals surface area (Å²) in [6.07, 6.45) is 3.46. The van der Waals surface area contributed by atoms with Crippen LogP contribution >= 0.6 is 0 Å². The summed E-state index contributed by atoms with van der Waals surface area (Å²) >= 11 is 0. The second-order valence-corrected chi connectivity index (χ2v) is 6.93. The summed E-state index contributed by atoms with van der Waals surface area (Å²) in [7, 11) is 0. The minimum Gasteiger partial charge on any atom is -0.392 e. The van der Waals surface area contributed by atoms with Gasteiger partial charge in [0.15, 0.2) is 0 Å². The average molecular weight is 279 g/mol. The van der Waals surface area contributed by atoms with Crippen molar-refractivity contribution in [3.05, 3.63) is 17.5 Å². The molecule has 0 spiro atoms. The molecule has 1 saturated carbocycles. The Hall–Kier alpha value is -0.870. The third-order valence-electron chi connectivity index (χ3n) is 5.10. The van der Waals surface area contributed by atoms with Crippen molar-refractivity contribution in [2.45, 2.75) is 66.0 Å². The lowest BCUT2D eigenvalue weighted by atomic mass is 9.75. The largest absolute Gasteiger partial charge is 0.392 e. The third-order valence-corrected chi connectivity index (χ3v) is 5.10. The number of rotatable bonds is 5. The maximum Gasteiger partial charge on any atom is 0.0663 e. The highest BCUT2D eigenvalue weighted by molar-refractivity contribution is 5.16. The Morgan fingerprint density at radius 1 is 1.40 bits per heavy atom. The molecule has 0 radical (unpaired) electrons. The van der Waals surface area contributed by atoms with Crippen LogP contribution in [0.3, 0.4) is 0 Å². The summed E-state index contributed by atoms with van der Waals surface area (Å²) in [6, 6.07) is 2.18. The van der Waals surface area contributed by atoms with Crippen molar-refractivity contribution in [3.8, 4) is 0 Å². The molecule has 2 atom stereocenters. The van der Waals surface area contributed by atoms with E-state index in [2.05, 4.69) is 43.5 Å². The van der Waals surface area contributed by atoms with Gasteiger partial charge in [0.2, 0.25) is 0 Å². The number of aromatic nitrogens is 2. The summed E-state index contributed by atoms with van der Waals surface area (Å²) in [5.41, 5.74) is 8.18. The van der Waals surface area contributed by atoms with Gasteiger partial charge in [-0.1, -0.05) is 20.8 Å². The minimum atomic E-state index is -0.342. The molecule has 0 bridgehead atoms. The lowest BCUT2D eigenvalue weighted by Crippen LogP contribution is -2.44. The summed E-state index contributed by atoms with van der Waals surface area (Å²) < 4.78 is 2.06. The Bertz CT molecular complexity index is 466. The molecule has 2 unspecified atom stereocenters. The van der Waals surface area contributed by atoms with Gasteiger partial charge >= 0.3 is 0 Å². The molecule has 0 amide bonds. The van der Waals surface area contributed by atoms with Crippen LogP contribution in [0.2, 0.25) is 0 Å². The Morgan fingerprint density at radius 3 is 2.55 bits per heavy atom. The van der Waals surface area contributed by atoms with Gasteiger partial charge in [-0.25, -0.2) is 0 Å². The van der Waals surface area contributed by atoms with Crippen LogP contribution < -0.4 is 5.73 Å². The molecule has 1 fully saturated rings. The first-order valence-corrected chi connectivity index (χ1v) is 7.82. The van der Waals surface area contributed by atoms with Crippen LogP contribution in [-0.4, -0.2) is 27.5 Å². The minimum absolute atomic E-state index is 0.0377. The molecule has 1 aromatic heterocycles. The highest BCUT2D eigenvalue weighted by Gasteiger charge is 2.51. The number of aryl methyl sites for hydroxylation is 2. The lowest BCUT2D eigenvalue weighted by molar-refractivity contribution is -0.00553. The second-order valence-electron chi connectivity index (χ2n) is 6.93. The molecule has 20 heavy (non-hydrogen) atoms. The van der Waals surface area contributed by atoms with Crippen LogP contribution in [0.1, 0.15) is 51.9 Å². The Kier molecular flexibility index (Phi) is 4.26. The third kappa shape index (κ3) is 2.51. The Labute approximate surface area is 122 Å². The lowest BCUT2D eigenvalue weighted by Gasteiger charge is -2.36. The Balaban J connectivity index is 2.29. The van der Waals surface area contributed by atoms with Gasteiger partial charge in [-0.2, -0.15) is 5.10 Å². The smallest absolute Gasteiger partial charge is 0.0663 e. The highest BCUT2D eigenvalue weighted by atomic mass is 16.3. The molecule has 1 heterocycles. The van der Waals surface area contributed by atoms with E-state index in [0.717, 1.165) is 37.9 Å². The molecule has 4 heteroatoms. The molecule has 1 aliphatic rings. The quantitative estimate of drug-likeness (QED) is 0.868. The number of hydrogen-bond acceptors (Lipinski definition) is 3. The fourth-order valence-electron chi connectivity index (χ4n) is 3.61. The summed E-state index contributed by atoms with van der Waals surface area (Å²) in [4.78, 5) is 0. The first-order chi connectivity index (χ1) is 9.38. The zero-order valence-corrected chi connectivity index (χ0v) is 13.3. The van der Waals surface area contributed by atoms with Crippen molar-refractivity contribution >= 4 is 0 Å². The van der Waals surface area contributed by atoms with E-state index in [1.54, 1.807) is 0 Å². The predicted octanol–water partition coefficient (Wildman–Crippen LogP) is 2.13. The molecule has 1 aromatic rings. The normalized spacial score (nSPS) is 29.0. The van der Waals surface area contributed by atoms with Crippen molar-refractivity contribution in [1.82, 2.24) is 9.78 Å². The number of hydrogen-bond donors (Lipinski definition) is 2. The van der Waals surface area contributed by atoms with E-state index < -0.39 is 0 Å². The topological polar surface area (TPSA) is 64.1 Å². The van der Waals surface area contributed by atoms with Gasteiger partial charge in [-0.05, 0) is 44.1 Å². The van der Waals surface area contributed by atoms with Gasteiger partial charge in [0.05, 0.1) is 11.8 Å². The predicted molar refractivity (Wildman–Crippen MR) is 81.5 cm³/mol. The summed E-state index contributed by atoms with van der Waals surface area (Å²) in [5.74, 6) is 0.